The largest absolute Gasteiger partial charge is 0.316 e. The first-order chi connectivity index (χ1) is 9.01. The first-order valence-corrected chi connectivity index (χ1v) is 8.62. The van der Waals surface area contributed by atoms with Gasteiger partial charge in [-0.1, -0.05) is 12.1 Å². The van der Waals surface area contributed by atoms with Gasteiger partial charge in [0.25, 0.3) is 10.0 Å². The van der Waals surface area contributed by atoms with Crippen LogP contribution in [0.5, 0.6) is 0 Å². The normalized spacial score (nSPS) is 11.5. The minimum atomic E-state index is -3.49. The molecule has 4 nitrogen and oxygen atoms in total. The first kappa shape index (κ1) is 14.5. The molecule has 0 unspecified atom stereocenters. The molecular weight excluding hydrogens is 348 g/mol. The van der Waals surface area contributed by atoms with Gasteiger partial charge in [-0.15, -0.1) is 11.3 Å². The van der Waals surface area contributed by atoms with E-state index in [0.717, 1.165) is 15.9 Å². The molecule has 1 aromatic heterocycles. The van der Waals surface area contributed by atoms with Crippen molar-refractivity contribution in [2.24, 2.45) is 0 Å². The van der Waals surface area contributed by atoms with Crippen LogP contribution >= 0.6 is 27.3 Å². The molecule has 0 saturated heterocycles. The smallest absolute Gasteiger partial charge is 0.271 e. The minimum Gasteiger partial charge on any atom is -0.316 e. The Morgan fingerprint density at radius 1 is 1.16 bits per heavy atom. The van der Waals surface area contributed by atoms with Crippen LogP contribution < -0.4 is 10.0 Å². The van der Waals surface area contributed by atoms with E-state index in [4.69, 9.17) is 0 Å². The SMILES string of the molecule is CNCc1ccc(NS(=O)(=O)c2ccc(Br)s2)cc1. The maximum atomic E-state index is 12.1. The Bertz CT molecular complexity index is 651. The van der Waals surface area contributed by atoms with Gasteiger partial charge < -0.3 is 5.32 Å². The Hall–Kier alpha value is -0.890. The van der Waals surface area contributed by atoms with Gasteiger partial charge in [-0.2, -0.15) is 0 Å². The average Bonchev–Trinajstić information content (AvgIpc) is 2.79. The van der Waals surface area contributed by atoms with Gasteiger partial charge in [0, 0.05) is 12.2 Å². The van der Waals surface area contributed by atoms with E-state index < -0.39 is 10.0 Å². The first-order valence-electron chi connectivity index (χ1n) is 5.53. The summed E-state index contributed by atoms with van der Waals surface area (Å²) in [5, 5.41) is 3.04. The molecule has 2 N–H and O–H groups in total. The second-order valence-corrected chi connectivity index (χ2v) is 8.26. The average molecular weight is 361 g/mol. The van der Waals surface area contributed by atoms with Crippen molar-refractivity contribution in [3.63, 3.8) is 0 Å². The summed E-state index contributed by atoms with van der Waals surface area (Å²) in [6, 6.07) is 10.6. The van der Waals surface area contributed by atoms with Gasteiger partial charge in [0.15, 0.2) is 0 Å². The van der Waals surface area contributed by atoms with Crippen LogP contribution in [0.2, 0.25) is 0 Å². The molecular formula is C12H13BrN2O2S2. The number of thiophene rings is 1. The summed E-state index contributed by atoms with van der Waals surface area (Å²) in [6.07, 6.45) is 0. The molecule has 0 aliphatic heterocycles. The Kier molecular flexibility index (Phi) is 4.62. The van der Waals surface area contributed by atoms with E-state index >= 15 is 0 Å². The van der Waals surface area contributed by atoms with Crippen LogP contribution in [-0.4, -0.2) is 15.5 Å². The number of nitrogens with one attached hydrogen (secondary N) is 2. The summed E-state index contributed by atoms with van der Waals surface area (Å²) in [4.78, 5) is 0. The number of halogens is 1. The van der Waals surface area contributed by atoms with Crippen molar-refractivity contribution in [1.29, 1.82) is 0 Å². The van der Waals surface area contributed by atoms with Crippen molar-refractivity contribution in [1.82, 2.24) is 5.32 Å². The third kappa shape index (κ3) is 3.79. The zero-order valence-electron chi connectivity index (χ0n) is 10.2. The third-order valence-electron chi connectivity index (χ3n) is 2.40. The number of rotatable bonds is 5. The van der Waals surface area contributed by atoms with Crippen molar-refractivity contribution in [2.45, 2.75) is 10.8 Å². The van der Waals surface area contributed by atoms with Crippen LogP contribution in [0.1, 0.15) is 5.56 Å². The summed E-state index contributed by atoms with van der Waals surface area (Å²) in [6.45, 7) is 0.755. The fraction of sp³-hybridized carbons (Fsp3) is 0.167. The number of hydrogen-bond acceptors (Lipinski definition) is 4. The fourth-order valence-electron chi connectivity index (χ4n) is 1.54. The van der Waals surface area contributed by atoms with Gasteiger partial charge in [0.1, 0.15) is 4.21 Å². The molecule has 0 amide bonds. The van der Waals surface area contributed by atoms with Gasteiger partial charge in [-0.05, 0) is 52.8 Å². The summed E-state index contributed by atoms with van der Waals surface area (Å²) in [5.41, 5.74) is 1.66. The highest BCUT2D eigenvalue weighted by atomic mass is 79.9. The summed E-state index contributed by atoms with van der Waals surface area (Å²) >= 11 is 4.44. The maximum absolute atomic E-state index is 12.1. The predicted octanol–water partition coefficient (Wildman–Crippen LogP) is 3.03. The Balaban J connectivity index is 2.16. The second-order valence-electron chi connectivity index (χ2n) is 3.89. The molecule has 0 fully saturated rings. The van der Waals surface area contributed by atoms with Crippen LogP contribution in [0, 0.1) is 0 Å². The van der Waals surface area contributed by atoms with Crippen LogP contribution in [0.15, 0.2) is 44.4 Å². The molecule has 0 radical (unpaired) electrons. The minimum absolute atomic E-state index is 0.290. The molecule has 1 aromatic carbocycles. The van der Waals surface area contributed by atoms with Gasteiger partial charge in [0.05, 0.1) is 3.79 Å². The van der Waals surface area contributed by atoms with E-state index in [-0.39, 0.29) is 0 Å². The molecule has 0 aliphatic carbocycles. The Morgan fingerprint density at radius 3 is 2.37 bits per heavy atom. The number of hydrogen-bond donors (Lipinski definition) is 2. The van der Waals surface area contributed by atoms with Gasteiger partial charge in [-0.25, -0.2) is 8.42 Å². The highest BCUT2D eigenvalue weighted by molar-refractivity contribution is 9.11. The summed E-state index contributed by atoms with van der Waals surface area (Å²) < 4.78 is 27.8. The van der Waals surface area contributed by atoms with Gasteiger partial charge in [0.2, 0.25) is 0 Å². The van der Waals surface area contributed by atoms with Crippen LogP contribution in [-0.2, 0) is 16.6 Å². The number of benzene rings is 1. The zero-order valence-corrected chi connectivity index (χ0v) is 13.4. The molecule has 0 spiro atoms. The van der Waals surface area contributed by atoms with Crippen molar-refractivity contribution < 1.29 is 8.42 Å². The quantitative estimate of drug-likeness (QED) is 0.861. The number of sulfonamides is 1. The predicted molar refractivity (Wildman–Crippen MR) is 82.0 cm³/mol. The van der Waals surface area contributed by atoms with E-state index in [1.54, 1.807) is 24.3 Å². The highest BCUT2D eigenvalue weighted by Crippen LogP contribution is 2.27. The Labute approximate surface area is 125 Å². The lowest BCUT2D eigenvalue weighted by Crippen LogP contribution is -2.11. The standard InChI is InChI=1S/C12H13BrN2O2S2/c1-14-8-9-2-4-10(5-3-9)15-19(16,17)12-7-6-11(13)18-12/h2-7,14-15H,8H2,1H3. The van der Waals surface area contributed by atoms with Gasteiger partial charge >= 0.3 is 0 Å². The van der Waals surface area contributed by atoms with E-state index in [1.165, 1.54) is 11.3 Å². The lowest BCUT2D eigenvalue weighted by Gasteiger charge is -2.07. The lowest BCUT2D eigenvalue weighted by atomic mass is 10.2. The molecule has 19 heavy (non-hydrogen) atoms. The fourth-order valence-corrected chi connectivity index (χ4v) is 4.61. The molecule has 0 atom stereocenters. The Morgan fingerprint density at radius 2 is 1.84 bits per heavy atom. The molecule has 0 bridgehead atoms. The van der Waals surface area contributed by atoms with Crippen LogP contribution in [0.4, 0.5) is 5.69 Å². The van der Waals surface area contributed by atoms with Crippen LogP contribution in [0.3, 0.4) is 0 Å². The second kappa shape index (κ2) is 6.04. The molecule has 7 heteroatoms. The molecule has 102 valence electrons. The van der Waals surface area contributed by atoms with Gasteiger partial charge in [-0.3, -0.25) is 4.72 Å². The molecule has 1 heterocycles. The monoisotopic (exact) mass is 360 g/mol. The topological polar surface area (TPSA) is 58.2 Å². The lowest BCUT2D eigenvalue weighted by molar-refractivity contribution is 0.603. The van der Waals surface area contributed by atoms with E-state index in [2.05, 4.69) is 26.0 Å². The summed E-state index contributed by atoms with van der Waals surface area (Å²) in [5.74, 6) is 0. The highest BCUT2D eigenvalue weighted by Gasteiger charge is 2.16. The van der Waals surface area contributed by atoms with Crippen LogP contribution in [0.25, 0.3) is 0 Å². The third-order valence-corrected chi connectivity index (χ3v) is 5.90. The van der Waals surface area contributed by atoms with Crippen molar-refractivity contribution in [3.8, 4) is 0 Å². The van der Waals surface area contributed by atoms with E-state index in [0.29, 0.717) is 9.90 Å². The molecule has 0 saturated carbocycles. The molecule has 0 aliphatic rings. The zero-order chi connectivity index (χ0) is 13.9. The maximum Gasteiger partial charge on any atom is 0.271 e. The van der Waals surface area contributed by atoms with Crippen molar-refractivity contribution >= 4 is 43.0 Å². The van der Waals surface area contributed by atoms with Crippen molar-refractivity contribution in [3.05, 3.63) is 45.7 Å². The molecule has 2 rings (SSSR count). The number of anilines is 1. The summed E-state index contributed by atoms with van der Waals surface area (Å²) in [7, 11) is -1.63. The molecule has 2 aromatic rings. The van der Waals surface area contributed by atoms with E-state index in [9.17, 15) is 8.42 Å². The van der Waals surface area contributed by atoms with Crippen molar-refractivity contribution in [2.75, 3.05) is 11.8 Å². The van der Waals surface area contributed by atoms with E-state index in [1.807, 2.05) is 19.2 Å².